The van der Waals surface area contributed by atoms with E-state index in [1.807, 2.05) is 25.1 Å². The summed E-state index contributed by atoms with van der Waals surface area (Å²) in [6, 6.07) is 7.43. The fraction of sp³-hybridized carbons (Fsp3) is 0.417. The third-order valence-electron chi connectivity index (χ3n) is 2.16. The van der Waals surface area contributed by atoms with Gasteiger partial charge in [0.15, 0.2) is 0 Å². The molecule has 88 valence electrons. The molecule has 0 atom stereocenters. The van der Waals surface area contributed by atoms with Gasteiger partial charge in [-0.3, -0.25) is 4.79 Å². The van der Waals surface area contributed by atoms with E-state index in [0.717, 1.165) is 5.56 Å². The summed E-state index contributed by atoms with van der Waals surface area (Å²) in [5.41, 5.74) is 1.64. The van der Waals surface area contributed by atoms with Crippen LogP contribution in [-0.4, -0.2) is 37.4 Å². The number of hydrogen-bond donors (Lipinski definition) is 2. The Labute approximate surface area is 95.2 Å². The SMILES string of the molecule is Cc1ccccc1C(=O)NCCOCCO. The lowest BCUT2D eigenvalue weighted by molar-refractivity contribution is 0.0837. The molecule has 0 spiro atoms. The number of aliphatic hydroxyl groups is 1. The van der Waals surface area contributed by atoms with Crippen LogP contribution >= 0.6 is 0 Å². The highest BCUT2D eigenvalue weighted by Crippen LogP contribution is 2.05. The quantitative estimate of drug-likeness (QED) is 0.699. The van der Waals surface area contributed by atoms with E-state index in [4.69, 9.17) is 9.84 Å². The maximum absolute atomic E-state index is 11.7. The van der Waals surface area contributed by atoms with Crippen LogP contribution < -0.4 is 5.32 Å². The van der Waals surface area contributed by atoms with E-state index >= 15 is 0 Å². The molecule has 0 bridgehead atoms. The predicted octanol–water partition coefficient (Wildman–Crippen LogP) is 0.734. The van der Waals surface area contributed by atoms with Crippen LogP contribution in [0.2, 0.25) is 0 Å². The molecule has 1 aromatic rings. The Hall–Kier alpha value is -1.39. The number of carbonyl (C=O) groups excluding carboxylic acids is 1. The predicted molar refractivity (Wildman–Crippen MR) is 61.4 cm³/mol. The second kappa shape index (κ2) is 6.98. The van der Waals surface area contributed by atoms with E-state index in [-0.39, 0.29) is 12.5 Å². The fourth-order valence-corrected chi connectivity index (χ4v) is 1.33. The second-order valence-corrected chi connectivity index (χ2v) is 3.41. The van der Waals surface area contributed by atoms with Crippen molar-refractivity contribution >= 4 is 5.91 Å². The lowest BCUT2D eigenvalue weighted by Crippen LogP contribution is -2.28. The van der Waals surface area contributed by atoms with Gasteiger partial charge in [-0.1, -0.05) is 18.2 Å². The molecule has 0 unspecified atom stereocenters. The van der Waals surface area contributed by atoms with Gasteiger partial charge in [-0.2, -0.15) is 0 Å². The normalized spacial score (nSPS) is 10.1. The average molecular weight is 223 g/mol. The molecule has 0 fully saturated rings. The van der Waals surface area contributed by atoms with E-state index in [9.17, 15) is 4.79 Å². The molecule has 0 aliphatic rings. The zero-order chi connectivity index (χ0) is 11.8. The highest BCUT2D eigenvalue weighted by molar-refractivity contribution is 5.95. The minimum Gasteiger partial charge on any atom is -0.394 e. The number of amides is 1. The zero-order valence-electron chi connectivity index (χ0n) is 9.40. The first-order valence-corrected chi connectivity index (χ1v) is 5.28. The van der Waals surface area contributed by atoms with Crippen LogP contribution in [-0.2, 0) is 4.74 Å². The van der Waals surface area contributed by atoms with E-state index in [2.05, 4.69) is 5.32 Å². The summed E-state index contributed by atoms with van der Waals surface area (Å²) < 4.78 is 5.03. The van der Waals surface area contributed by atoms with Gasteiger partial charge in [-0.15, -0.1) is 0 Å². The third kappa shape index (κ3) is 4.00. The van der Waals surface area contributed by atoms with Crippen LogP contribution in [0.1, 0.15) is 15.9 Å². The highest BCUT2D eigenvalue weighted by atomic mass is 16.5. The Bertz CT molecular complexity index is 339. The molecule has 0 aliphatic carbocycles. The van der Waals surface area contributed by atoms with Gasteiger partial charge in [0, 0.05) is 12.1 Å². The summed E-state index contributed by atoms with van der Waals surface area (Å²) >= 11 is 0. The van der Waals surface area contributed by atoms with Gasteiger partial charge < -0.3 is 15.2 Å². The molecule has 0 saturated heterocycles. The van der Waals surface area contributed by atoms with Gasteiger partial charge in [-0.25, -0.2) is 0 Å². The van der Waals surface area contributed by atoms with Crippen molar-refractivity contribution in [3.05, 3.63) is 35.4 Å². The maximum atomic E-state index is 11.7. The Balaban J connectivity index is 2.33. The Morgan fingerprint density at radius 2 is 2.12 bits per heavy atom. The molecule has 4 nitrogen and oxygen atoms in total. The molecule has 1 amide bonds. The van der Waals surface area contributed by atoms with Crippen LogP contribution in [0.15, 0.2) is 24.3 Å². The summed E-state index contributed by atoms with van der Waals surface area (Å²) in [6.45, 7) is 3.08. The number of ether oxygens (including phenoxy) is 1. The van der Waals surface area contributed by atoms with Gasteiger partial charge in [0.25, 0.3) is 5.91 Å². The smallest absolute Gasteiger partial charge is 0.251 e. The molecule has 0 aromatic heterocycles. The molecule has 2 N–H and O–H groups in total. The van der Waals surface area contributed by atoms with Crippen LogP contribution in [0.5, 0.6) is 0 Å². The van der Waals surface area contributed by atoms with Crippen molar-refractivity contribution in [3.63, 3.8) is 0 Å². The largest absolute Gasteiger partial charge is 0.394 e. The molecule has 1 rings (SSSR count). The van der Waals surface area contributed by atoms with Crippen molar-refractivity contribution in [1.29, 1.82) is 0 Å². The third-order valence-corrected chi connectivity index (χ3v) is 2.16. The zero-order valence-corrected chi connectivity index (χ0v) is 9.40. The standard InChI is InChI=1S/C12H17NO3/c1-10-4-2-3-5-11(10)12(15)13-6-8-16-9-7-14/h2-5,14H,6-9H2,1H3,(H,13,15). The number of benzene rings is 1. The van der Waals surface area contributed by atoms with Gasteiger partial charge in [-0.05, 0) is 18.6 Å². The molecular weight excluding hydrogens is 206 g/mol. The number of carbonyl (C=O) groups is 1. The van der Waals surface area contributed by atoms with Crippen LogP contribution in [0.4, 0.5) is 0 Å². The molecule has 4 heteroatoms. The molecule has 0 aliphatic heterocycles. The number of aliphatic hydroxyl groups excluding tert-OH is 1. The summed E-state index contributed by atoms with van der Waals surface area (Å²) in [6.07, 6.45) is 0. The molecular formula is C12H17NO3. The lowest BCUT2D eigenvalue weighted by Gasteiger charge is -2.07. The number of aryl methyl sites for hydroxylation is 1. The minimum atomic E-state index is -0.0919. The first kappa shape index (κ1) is 12.7. The van der Waals surface area contributed by atoms with E-state index in [0.29, 0.717) is 25.3 Å². The van der Waals surface area contributed by atoms with Crippen molar-refractivity contribution in [2.45, 2.75) is 6.92 Å². The van der Waals surface area contributed by atoms with Crippen LogP contribution in [0, 0.1) is 6.92 Å². The molecule has 0 heterocycles. The van der Waals surface area contributed by atoms with Gasteiger partial charge in [0.1, 0.15) is 0 Å². The van der Waals surface area contributed by atoms with Gasteiger partial charge in [0.05, 0.1) is 19.8 Å². The van der Waals surface area contributed by atoms with Crippen molar-refractivity contribution in [2.75, 3.05) is 26.4 Å². The van der Waals surface area contributed by atoms with Gasteiger partial charge >= 0.3 is 0 Å². The Kier molecular flexibility index (Phi) is 5.53. The highest BCUT2D eigenvalue weighted by Gasteiger charge is 2.06. The van der Waals surface area contributed by atoms with E-state index < -0.39 is 0 Å². The Morgan fingerprint density at radius 3 is 2.81 bits per heavy atom. The summed E-state index contributed by atoms with van der Waals surface area (Å²) in [4.78, 5) is 11.7. The topological polar surface area (TPSA) is 58.6 Å². The van der Waals surface area contributed by atoms with Gasteiger partial charge in [0.2, 0.25) is 0 Å². The Morgan fingerprint density at radius 1 is 1.38 bits per heavy atom. The number of rotatable bonds is 6. The summed E-state index contributed by atoms with van der Waals surface area (Å²) in [5.74, 6) is -0.0919. The van der Waals surface area contributed by atoms with Crippen molar-refractivity contribution in [3.8, 4) is 0 Å². The first-order valence-electron chi connectivity index (χ1n) is 5.28. The first-order chi connectivity index (χ1) is 7.75. The number of nitrogens with one attached hydrogen (secondary N) is 1. The summed E-state index contributed by atoms with van der Waals surface area (Å²) in [7, 11) is 0. The molecule has 0 saturated carbocycles. The number of hydrogen-bond acceptors (Lipinski definition) is 3. The second-order valence-electron chi connectivity index (χ2n) is 3.41. The van der Waals surface area contributed by atoms with E-state index in [1.54, 1.807) is 6.07 Å². The van der Waals surface area contributed by atoms with E-state index in [1.165, 1.54) is 0 Å². The summed E-state index contributed by atoms with van der Waals surface area (Å²) in [5, 5.41) is 11.2. The molecule has 1 aromatic carbocycles. The van der Waals surface area contributed by atoms with Crippen LogP contribution in [0.3, 0.4) is 0 Å². The van der Waals surface area contributed by atoms with Crippen LogP contribution in [0.25, 0.3) is 0 Å². The average Bonchev–Trinajstić information content (AvgIpc) is 2.29. The lowest BCUT2D eigenvalue weighted by atomic mass is 10.1. The fourth-order valence-electron chi connectivity index (χ4n) is 1.33. The minimum absolute atomic E-state index is 0.00569. The van der Waals surface area contributed by atoms with Crippen molar-refractivity contribution in [2.24, 2.45) is 0 Å². The monoisotopic (exact) mass is 223 g/mol. The van der Waals surface area contributed by atoms with Crippen molar-refractivity contribution < 1.29 is 14.6 Å². The molecule has 16 heavy (non-hydrogen) atoms. The molecule has 0 radical (unpaired) electrons. The maximum Gasteiger partial charge on any atom is 0.251 e. The van der Waals surface area contributed by atoms with Crippen molar-refractivity contribution in [1.82, 2.24) is 5.32 Å².